The standard InChI is InChI=1S/2C24H29.C6H10.2ClH.Zr/c2*1-16-11-17-9-8-10-21(22(17)12-16)18-13-19(23(2,3)4)15-20(14-18)24(5,6)7;1-2-4-6-5-3-1;;;/h2*8-15H,1-7H3;1-2H,3-6H2;2*1H;/q;;;;;+2/p-2. The Morgan fingerprint density at radius 1 is 0.456 bits per heavy atom. The molecular formula is C54H68Cl2Zr. The van der Waals surface area contributed by atoms with E-state index < -0.39 is 20.3 Å². The van der Waals surface area contributed by atoms with E-state index in [-0.39, 0.29) is 46.5 Å². The molecule has 1 saturated heterocycles. The molecule has 4 aliphatic rings. The first-order valence-electron chi connectivity index (χ1n) is 21.6. The van der Waals surface area contributed by atoms with E-state index in [9.17, 15) is 0 Å². The van der Waals surface area contributed by atoms with Gasteiger partial charge in [-0.3, -0.25) is 0 Å². The van der Waals surface area contributed by atoms with E-state index in [0.29, 0.717) is 7.25 Å². The fourth-order valence-electron chi connectivity index (χ4n) is 11.5. The van der Waals surface area contributed by atoms with Crippen LogP contribution in [0.1, 0.15) is 174 Å². The van der Waals surface area contributed by atoms with Crippen molar-refractivity contribution in [3.05, 3.63) is 128 Å². The monoisotopic (exact) mass is 876 g/mol. The Morgan fingerprint density at radius 2 is 0.772 bits per heavy atom. The molecule has 0 N–H and O–H groups in total. The number of hydrogen-bond donors (Lipinski definition) is 0. The molecule has 1 aliphatic heterocycles. The zero-order valence-electron chi connectivity index (χ0n) is 37.5. The van der Waals surface area contributed by atoms with Gasteiger partial charge in [-0.15, -0.1) is 0 Å². The number of allylic oxidation sites excluding steroid dienone is 2. The van der Waals surface area contributed by atoms with Gasteiger partial charge in [-0.1, -0.05) is 0 Å². The van der Waals surface area contributed by atoms with E-state index in [0.717, 1.165) is 7.25 Å². The van der Waals surface area contributed by atoms with Crippen molar-refractivity contribution >= 4 is 12.2 Å². The van der Waals surface area contributed by atoms with E-state index in [2.05, 4.69) is 182 Å². The summed E-state index contributed by atoms with van der Waals surface area (Å²) >= 11 is -3.07. The van der Waals surface area contributed by atoms with Crippen molar-refractivity contribution in [2.75, 3.05) is 0 Å². The summed E-state index contributed by atoms with van der Waals surface area (Å²) in [7, 11) is 0. The Balaban J connectivity index is 0.00000275. The minimum atomic E-state index is -3.07. The smallest absolute Gasteiger partial charge is 1.00 e. The number of benzene rings is 4. The van der Waals surface area contributed by atoms with Gasteiger partial charge in [-0.2, -0.15) is 0 Å². The van der Waals surface area contributed by atoms with Crippen molar-refractivity contribution in [2.24, 2.45) is 0 Å². The number of rotatable bonds is 4. The van der Waals surface area contributed by atoms with E-state index >= 15 is 0 Å². The van der Waals surface area contributed by atoms with Crippen molar-refractivity contribution < 1.29 is 45.1 Å². The molecule has 1 saturated carbocycles. The minimum absolute atomic E-state index is 0. The molecule has 3 heteroatoms. The first kappa shape index (κ1) is 44.4. The molecule has 0 amide bonds. The number of fused-ring (bicyclic) bond motifs is 3. The predicted molar refractivity (Wildman–Crippen MR) is 237 cm³/mol. The Labute approximate surface area is 364 Å². The second-order valence-electron chi connectivity index (χ2n) is 22.4. The summed E-state index contributed by atoms with van der Waals surface area (Å²) in [5.74, 6) is 0. The summed E-state index contributed by atoms with van der Waals surface area (Å²) < 4.78 is 3.24. The summed E-state index contributed by atoms with van der Waals surface area (Å²) in [4.78, 5) is 0. The molecule has 0 aromatic heterocycles. The molecule has 302 valence electrons. The predicted octanol–water partition coefficient (Wildman–Crippen LogP) is 10.2. The van der Waals surface area contributed by atoms with Crippen molar-refractivity contribution in [1.29, 1.82) is 0 Å². The average Bonchev–Trinajstić information content (AvgIpc) is 3.40. The normalized spacial score (nSPS) is 22.9. The van der Waals surface area contributed by atoms with Crippen LogP contribution in [0, 0.1) is 0 Å². The Bertz CT molecular complexity index is 2030. The van der Waals surface area contributed by atoms with Crippen LogP contribution in [-0.2, 0) is 41.9 Å². The third-order valence-corrected chi connectivity index (χ3v) is 31.9. The van der Waals surface area contributed by atoms with E-state index in [4.69, 9.17) is 0 Å². The topological polar surface area (TPSA) is 0 Å². The molecule has 4 aromatic rings. The SMILES string of the molecule is CC1=Cc2c(-c3cc(C(C)(C)C)cc(C(C)(C)C)c3)cccc2[CH]1[Zr+2]1([CH]2C(C)=Cc3c(-c4cc(C(C)(C)C)cc(C(C)(C)C)c4)cccc32)[CH]2CCCC[CH]21.[Cl-].[Cl-]. The van der Waals surface area contributed by atoms with Gasteiger partial charge in [-0.05, 0) is 0 Å². The number of halogens is 2. The molecule has 4 unspecified atom stereocenters. The molecular weight excluding hydrogens is 811 g/mol. The van der Waals surface area contributed by atoms with E-state index in [1.54, 1.807) is 22.3 Å². The molecule has 0 nitrogen and oxygen atoms in total. The van der Waals surface area contributed by atoms with Crippen LogP contribution in [0.4, 0.5) is 0 Å². The Morgan fingerprint density at radius 3 is 1.07 bits per heavy atom. The van der Waals surface area contributed by atoms with Crippen LogP contribution in [0.25, 0.3) is 34.4 Å². The van der Waals surface area contributed by atoms with E-state index in [1.165, 1.54) is 81.3 Å². The summed E-state index contributed by atoms with van der Waals surface area (Å²) in [6.07, 6.45) is 11.1. The largest absolute Gasteiger partial charge is 1.00 e. The van der Waals surface area contributed by atoms with Crippen LogP contribution in [-0.4, -0.2) is 0 Å². The van der Waals surface area contributed by atoms with E-state index in [1.807, 2.05) is 0 Å². The van der Waals surface area contributed by atoms with Crippen LogP contribution in [0.15, 0.2) is 83.9 Å². The molecule has 3 aliphatic carbocycles. The van der Waals surface area contributed by atoms with Gasteiger partial charge in [-0.25, -0.2) is 0 Å². The maximum absolute atomic E-state index is 3.07. The first-order valence-corrected chi connectivity index (χ1v) is 27.2. The van der Waals surface area contributed by atoms with Crippen molar-refractivity contribution in [3.8, 4) is 22.3 Å². The summed E-state index contributed by atoms with van der Waals surface area (Å²) in [6, 6.07) is 29.8. The molecule has 0 bridgehead atoms. The van der Waals surface area contributed by atoms with Crippen LogP contribution < -0.4 is 24.8 Å². The van der Waals surface area contributed by atoms with Gasteiger partial charge < -0.3 is 24.8 Å². The third-order valence-electron chi connectivity index (χ3n) is 14.4. The van der Waals surface area contributed by atoms with Crippen LogP contribution in [0.2, 0.25) is 7.25 Å². The second-order valence-corrected chi connectivity index (χ2v) is 33.8. The average molecular weight is 879 g/mol. The van der Waals surface area contributed by atoms with Gasteiger partial charge in [0.1, 0.15) is 0 Å². The summed E-state index contributed by atoms with van der Waals surface area (Å²) in [5.41, 5.74) is 21.5. The summed E-state index contributed by atoms with van der Waals surface area (Å²) in [5, 5.41) is 0. The molecule has 0 spiro atoms. The van der Waals surface area contributed by atoms with Gasteiger partial charge in [0, 0.05) is 0 Å². The zero-order chi connectivity index (χ0) is 39.6. The quantitative estimate of drug-likeness (QED) is 0.192. The molecule has 8 rings (SSSR count). The Hall–Kier alpha value is -2.18. The van der Waals surface area contributed by atoms with Crippen LogP contribution in [0.3, 0.4) is 0 Å². The fourth-order valence-corrected chi connectivity index (χ4v) is 34.6. The molecule has 4 aromatic carbocycles. The van der Waals surface area contributed by atoms with Gasteiger partial charge in [0.15, 0.2) is 0 Å². The Kier molecular flexibility index (Phi) is 11.7. The van der Waals surface area contributed by atoms with Crippen LogP contribution in [0.5, 0.6) is 0 Å². The van der Waals surface area contributed by atoms with Crippen LogP contribution >= 0.6 is 0 Å². The second kappa shape index (κ2) is 15.1. The minimum Gasteiger partial charge on any atom is -1.00 e. The van der Waals surface area contributed by atoms with Gasteiger partial charge in [0.05, 0.1) is 0 Å². The molecule has 4 atom stereocenters. The zero-order valence-corrected chi connectivity index (χ0v) is 41.4. The fraction of sp³-hybridized carbons (Fsp3) is 0.481. The maximum atomic E-state index is 2.66. The van der Waals surface area contributed by atoms with Crippen molar-refractivity contribution in [2.45, 2.75) is 159 Å². The molecule has 1 heterocycles. The van der Waals surface area contributed by atoms with Gasteiger partial charge in [0.25, 0.3) is 0 Å². The third kappa shape index (κ3) is 7.50. The maximum Gasteiger partial charge on any atom is -1.00 e. The number of hydrogen-bond acceptors (Lipinski definition) is 0. The molecule has 0 radical (unpaired) electrons. The summed E-state index contributed by atoms with van der Waals surface area (Å²) in [6.45, 7) is 33.5. The first-order chi connectivity index (χ1) is 25.6. The molecule has 2 fully saturated rings. The molecule has 57 heavy (non-hydrogen) atoms. The van der Waals surface area contributed by atoms with Crippen molar-refractivity contribution in [1.82, 2.24) is 0 Å². The van der Waals surface area contributed by atoms with Crippen molar-refractivity contribution in [3.63, 3.8) is 0 Å². The van der Waals surface area contributed by atoms with Gasteiger partial charge >= 0.3 is 342 Å². The van der Waals surface area contributed by atoms with Gasteiger partial charge in [0.2, 0.25) is 0 Å².